The van der Waals surface area contributed by atoms with Gasteiger partial charge in [-0.3, -0.25) is 9.89 Å². The van der Waals surface area contributed by atoms with Crippen LogP contribution in [0.4, 0.5) is 4.39 Å². The van der Waals surface area contributed by atoms with Crippen molar-refractivity contribution in [2.75, 3.05) is 0 Å². The number of aromatic amines is 1. The molecule has 0 saturated heterocycles. The Hall–Kier alpha value is -2.96. The highest BCUT2D eigenvalue weighted by molar-refractivity contribution is 5.93. The molecular weight excluding hydrogens is 277 g/mol. The van der Waals surface area contributed by atoms with Gasteiger partial charge in [0, 0.05) is 24.4 Å². The number of halogens is 1. The van der Waals surface area contributed by atoms with Crippen LogP contribution in [0.3, 0.4) is 0 Å². The third-order valence-electron chi connectivity index (χ3n) is 2.69. The molecule has 108 valence electrons. The van der Waals surface area contributed by atoms with E-state index in [1.807, 2.05) is 0 Å². The summed E-state index contributed by atoms with van der Waals surface area (Å²) in [4.78, 5) is 22.1. The van der Waals surface area contributed by atoms with Gasteiger partial charge in [-0.2, -0.15) is 5.10 Å². The number of aromatic nitrogens is 2. The lowest BCUT2D eigenvalue weighted by molar-refractivity contribution is -0.131. The molecule has 1 amide bonds. The number of hydrogen-bond acceptors (Lipinski definition) is 3. The minimum Gasteiger partial charge on any atom is -0.478 e. The maximum Gasteiger partial charge on any atom is 0.328 e. The van der Waals surface area contributed by atoms with Crippen molar-refractivity contribution in [3.63, 3.8) is 0 Å². The first-order chi connectivity index (χ1) is 10.1. The molecule has 1 heterocycles. The molecular formula is C14H12FN3O3. The number of nitrogens with zero attached hydrogens (tertiary/aromatic N) is 1. The molecule has 6 nitrogen and oxygen atoms in total. The second-order valence-electron chi connectivity index (χ2n) is 4.19. The van der Waals surface area contributed by atoms with E-state index in [0.29, 0.717) is 11.1 Å². The van der Waals surface area contributed by atoms with E-state index in [-0.39, 0.29) is 18.0 Å². The smallest absolute Gasteiger partial charge is 0.328 e. The first-order valence-corrected chi connectivity index (χ1v) is 6.02. The van der Waals surface area contributed by atoms with Gasteiger partial charge in [0.1, 0.15) is 5.82 Å². The number of benzene rings is 1. The lowest BCUT2D eigenvalue weighted by atomic mass is 10.1. The lowest BCUT2D eigenvalue weighted by Crippen LogP contribution is -2.22. The summed E-state index contributed by atoms with van der Waals surface area (Å²) in [6.45, 7) is -0.00933. The minimum absolute atomic E-state index is 0.00933. The van der Waals surface area contributed by atoms with Crippen LogP contribution in [0.2, 0.25) is 0 Å². The Morgan fingerprint density at radius 3 is 2.90 bits per heavy atom. The Labute approximate surface area is 119 Å². The summed E-state index contributed by atoms with van der Waals surface area (Å²) in [5.74, 6) is -1.95. The number of H-pyrrole nitrogens is 1. The molecule has 2 rings (SSSR count). The number of carbonyl (C=O) groups excluding carboxylic acids is 1. The third-order valence-corrected chi connectivity index (χ3v) is 2.69. The molecule has 0 fully saturated rings. The first-order valence-electron chi connectivity index (χ1n) is 6.02. The van der Waals surface area contributed by atoms with Crippen LogP contribution in [0, 0.1) is 5.82 Å². The van der Waals surface area contributed by atoms with Crippen LogP contribution in [-0.4, -0.2) is 27.2 Å². The van der Waals surface area contributed by atoms with Gasteiger partial charge in [0.2, 0.25) is 0 Å². The van der Waals surface area contributed by atoms with Gasteiger partial charge >= 0.3 is 5.97 Å². The van der Waals surface area contributed by atoms with Gasteiger partial charge in [-0.25, -0.2) is 9.18 Å². The van der Waals surface area contributed by atoms with Crippen LogP contribution in [0.5, 0.6) is 0 Å². The maximum atomic E-state index is 13.7. The summed E-state index contributed by atoms with van der Waals surface area (Å²) in [6.07, 6.45) is 5.10. The molecule has 0 aliphatic rings. The van der Waals surface area contributed by atoms with Crippen LogP contribution in [-0.2, 0) is 11.3 Å². The number of nitrogens with one attached hydrogen (secondary N) is 2. The summed E-state index contributed by atoms with van der Waals surface area (Å²) in [5.41, 5.74) is 1.14. The SMILES string of the molecule is O=C(O)C=Cc1ccc(F)c(CNC(=O)c2cn[nH]c2)c1. The van der Waals surface area contributed by atoms with Crippen LogP contribution >= 0.6 is 0 Å². The highest BCUT2D eigenvalue weighted by atomic mass is 19.1. The van der Waals surface area contributed by atoms with Crippen molar-refractivity contribution in [1.82, 2.24) is 15.5 Å². The van der Waals surface area contributed by atoms with Gasteiger partial charge < -0.3 is 10.4 Å². The van der Waals surface area contributed by atoms with E-state index in [4.69, 9.17) is 5.11 Å². The highest BCUT2D eigenvalue weighted by Gasteiger charge is 2.08. The predicted octanol–water partition coefficient (Wildman–Crippen LogP) is 1.58. The second kappa shape index (κ2) is 6.47. The van der Waals surface area contributed by atoms with E-state index in [1.165, 1.54) is 36.7 Å². The molecule has 0 aliphatic carbocycles. The zero-order chi connectivity index (χ0) is 15.2. The third kappa shape index (κ3) is 4.00. The maximum absolute atomic E-state index is 13.7. The number of carboxylic acids is 1. The molecule has 0 unspecified atom stereocenters. The van der Waals surface area contributed by atoms with E-state index in [0.717, 1.165) is 6.08 Å². The van der Waals surface area contributed by atoms with Crippen LogP contribution in [0.1, 0.15) is 21.5 Å². The number of hydrogen-bond donors (Lipinski definition) is 3. The fraction of sp³-hybridized carbons (Fsp3) is 0.0714. The van der Waals surface area contributed by atoms with Gasteiger partial charge in [0.15, 0.2) is 0 Å². The lowest BCUT2D eigenvalue weighted by Gasteiger charge is -2.06. The monoisotopic (exact) mass is 289 g/mol. The summed E-state index contributed by atoms with van der Waals surface area (Å²) < 4.78 is 13.7. The summed E-state index contributed by atoms with van der Waals surface area (Å²) in [7, 11) is 0. The molecule has 0 saturated carbocycles. The molecule has 21 heavy (non-hydrogen) atoms. The summed E-state index contributed by atoms with van der Waals surface area (Å²) in [5, 5.41) is 17.3. The van der Waals surface area contributed by atoms with E-state index >= 15 is 0 Å². The van der Waals surface area contributed by atoms with Crippen molar-refractivity contribution in [2.45, 2.75) is 6.54 Å². The fourth-order valence-electron chi connectivity index (χ4n) is 1.65. The van der Waals surface area contributed by atoms with E-state index in [2.05, 4.69) is 15.5 Å². The Morgan fingerprint density at radius 2 is 2.24 bits per heavy atom. The number of aliphatic carboxylic acids is 1. The molecule has 3 N–H and O–H groups in total. The van der Waals surface area contributed by atoms with Crippen LogP contribution in [0.15, 0.2) is 36.7 Å². The normalized spacial score (nSPS) is 10.7. The largest absolute Gasteiger partial charge is 0.478 e. The molecule has 7 heteroatoms. The minimum atomic E-state index is -1.09. The Kier molecular flexibility index (Phi) is 4.45. The summed E-state index contributed by atoms with van der Waals surface area (Å²) in [6, 6.07) is 4.15. The number of amides is 1. The Bertz CT molecular complexity index is 681. The predicted molar refractivity (Wildman–Crippen MR) is 72.8 cm³/mol. The second-order valence-corrected chi connectivity index (χ2v) is 4.19. The van der Waals surface area contributed by atoms with Crippen molar-refractivity contribution < 1.29 is 19.1 Å². The van der Waals surface area contributed by atoms with Crippen LogP contribution in [0.25, 0.3) is 6.08 Å². The molecule has 0 bridgehead atoms. The Balaban J connectivity index is 2.07. The first kappa shape index (κ1) is 14.4. The van der Waals surface area contributed by atoms with Crippen molar-refractivity contribution >= 4 is 18.0 Å². The van der Waals surface area contributed by atoms with E-state index in [1.54, 1.807) is 0 Å². The highest BCUT2D eigenvalue weighted by Crippen LogP contribution is 2.12. The number of rotatable bonds is 5. The number of carboxylic acid groups (broad SMARTS) is 1. The average Bonchev–Trinajstić information content (AvgIpc) is 2.98. The molecule has 0 atom stereocenters. The Morgan fingerprint density at radius 1 is 1.43 bits per heavy atom. The van der Waals surface area contributed by atoms with Crippen molar-refractivity contribution in [1.29, 1.82) is 0 Å². The molecule has 0 aliphatic heterocycles. The van der Waals surface area contributed by atoms with E-state index < -0.39 is 11.8 Å². The van der Waals surface area contributed by atoms with Crippen LogP contribution < -0.4 is 5.32 Å². The van der Waals surface area contributed by atoms with Gasteiger partial charge in [0.05, 0.1) is 11.8 Å². The quantitative estimate of drug-likeness (QED) is 0.728. The van der Waals surface area contributed by atoms with Gasteiger partial charge in [-0.1, -0.05) is 6.07 Å². The average molecular weight is 289 g/mol. The van der Waals surface area contributed by atoms with Crippen molar-refractivity contribution in [3.8, 4) is 0 Å². The van der Waals surface area contributed by atoms with Gasteiger partial charge in [0.25, 0.3) is 5.91 Å². The molecule has 0 spiro atoms. The zero-order valence-corrected chi connectivity index (χ0v) is 10.8. The molecule has 0 radical (unpaired) electrons. The van der Waals surface area contributed by atoms with Gasteiger partial charge in [-0.05, 0) is 23.8 Å². The standard InChI is InChI=1S/C14H12FN3O3/c15-12-3-1-9(2-4-13(19)20)5-10(12)6-16-14(21)11-7-17-18-8-11/h1-5,7-8H,6H2,(H,16,21)(H,17,18)(H,19,20). The topological polar surface area (TPSA) is 95.1 Å². The molecule has 1 aromatic carbocycles. The zero-order valence-electron chi connectivity index (χ0n) is 10.8. The van der Waals surface area contributed by atoms with Crippen molar-refractivity contribution in [2.24, 2.45) is 0 Å². The van der Waals surface area contributed by atoms with E-state index in [9.17, 15) is 14.0 Å². The van der Waals surface area contributed by atoms with Gasteiger partial charge in [-0.15, -0.1) is 0 Å². The fourth-order valence-corrected chi connectivity index (χ4v) is 1.65. The summed E-state index contributed by atoms with van der Waals surface area (Å²) >= 11 is 0. The number of carbonyl (C=O) groups is 2. The van der Waals surface area contributed by atoms with Crippen molar-refractivity contribution in [3.05, 3.63) is 59.2 Å². The molecule has 1 aromatic heterocycles. The molecule has 2 aromatic rings.